The van der Waals surface area contributed by atoms with Crippen LogP contribution in [0.25, 0.3) is 11.3 Å². The summed E-state index contributed by atoms with van der Waals surface area (Å²) >= 11 is 6.47. The van der Waals surface area contributed by atoms with E-state index in [1.54, 1.807) is 29.2 Å². The smallest absolute Gasteiger partial charge is 0.475 e. The minimum Gasteiger partial charge on any atom is -0.475 e. The highest BCUT2D eigenvalue weighted by Crippen LogP contribution is 2.32. The molecule has 0 unspecified atom stereocenters. The first-order chi connectivity index (χ1) is 24.1. The van der Waals surface area contributed by atoms with Gasteiger partial charge in [-0.25, -0.2) is 19.2 Å². The molecular formula is C33H33ClF5N7O5. The van der Waals surface area contributed by atoms with Crippen LogP contribution < -0.4 is 10.1 Å². The zero-order valence-electron chi connectivity index (χ0n) is 27.5. The number of carboxylic acid groups (broad SMARTS) is 1. The number of nitrogens with zero attached hydrogens (tertiary/aromatic N) is 6. The Labute approximate surface area is 294 Å². The van der Waals surface area contributed by atoms with E-state index in [1.165, 1.54) is 48.3 Å². The number of pyridine rings is 1. The van der Waals surface area contributed by atoms with E-state index in [4.69, 9.17) is 26.2 Å². The maximum absolute atomic E-state index is 15.1. The molecule has 272 valence electrons. The van der Waals surface area contributed by atoms with Crippen LogP contribution in [-0.2, 0) is 11.8 Å². The van der Waals surface area contributed by atoms with E-state index >= 15 is 4.39 Å². The summed E-state index contributed by atoms with van der Waals surface area (Å²) < 4.78 is 68.4. The fourth-order valence-electron chi connectivity index (χ4n) is 4.84. The highest BCUT2D eigenvalue weighted by molar-refractivity contribution is 6.34. The maximum atomic E-state index is 15.1. The fourth-order valence-corrected chi connectivity index (χ4v) is 5.10. The molecule has 0 spiro atoms. The topological polar surface area (TPSA) is 133 Å². The Hall–Kier alpha value is -5.13. The predicted octanol–water partition coefficient (Wildman–Crippen LogP) is 5.41. The van der Waals surface area contributed by atoms with E-state index in [2.05, 4.69) is 25.1 Å². The number of alkyl halides is 3. The number of anilines is 1. The van der Waals surface area contributed by atoms with Crippen molar-refractivity contribution >= 4 is 35.1 Å². The quantitative estimate of drug-likeness (QED) is 0.217. The molecule has 0 bridgehead atoms. The Morgan fingerprint density at radius 1 is 1.00 bits per heavy atom. The molecule has 2 aromatic heterocycles. The molecule has 5 rings (SSSR count). The van der Waals surface area contributed by atoms with Gasteiger partial charge in [0.2, 0.25) is 11.7 Å². The van der Waals surface area contributed by atoms with Gasteiger partial charge in [-0.1, -0.05) is 17.7 Å². The lowest BCUT2D eigenvalue weighted by molar-refractivity contribution is -0.192. The number of piperazine rings is 1. The molecule has 2 amide bonds. The summed E-state index contributed by atoms with van der Waals surface area (Å²) in [5.74, 6) is -6.13. The van der Waals surface area contributed by atoms with Crippen LogP contribution in [-0.4, -0.2) is 112 Å². The molecule has 0 aliphatic carbocycles. The lowest BCUT2D eigenvalue weighted by Crippen LogP contribution is -2.50. The molecule has 51 heavy (non-hydrogen) atoms. The highest BCUT2D eigenvalue weighted by atomic mass is 35.5. The van der Waals surface area contributed by atoms with Crippen LogP contribution in [0.15, 0.2) is 60.9 Å². The molecule has 1 fully saturated rings. The average Bonchev–Trinajstić information content (AvgIpc) is 3.47. The number of hydrogen-bond acceptors (Lipinski definition) is 8. The van der Waals surface area contributed by atoms with Crippen molar-refractivity contribution in [2.24, 2.45) is 7.05 Å². The van der Waals surface area contributed by atoms with Gasteiger partial charge in [0, 0.05) is 69.8 Å². The molecule has 12 nitrogen and oxygen atoms in total. The van der Waals surface area contributed by atoms with Crippen molar-refractivity contribution in [3.05, 3.63) is 89.0 Å². The van der Waals surface area contributed by atoms with Crippen LogP contribution in [0.2, 0.25) is 5.02 Å². The summed E-state index contributed by atoms with van der Waals surface area (Å²) in [6.07, 6.45) is -2.33. The van der Waals surface area contributed by atoms with Gasteiger partial charge < -0.3 is 29.5 Å². The highest BCUT2D eigenvalue weighted by Gasteiger charge is 2.38. The van der Waals surface area contributed by atoms with Gasteiger partial charge in [-0.05, 0) is 50.5 Å². The van der Waals surface area contributed by atoms with Crippen LogP contribution in [0, 0.1) is 11.6 Å². The van der Waals surface area contributed by atoms with Gasteiger partial charge in [-0.15, -0.1) is 0 Å². The number of carbonyl (C=O) groups is 3. The average molecular weight is 738 g/mol. The van der Waals surface area contributed by atoms with E-state index in [0.717, 1.165) is 26.2 Å². The van der Waals surface area contributed by atoms with Crippen molar-refractivity contribution < 1.29 is 46.2 Å². The van der Waals surface area contributed by atoms with Gasteiger partial charge in [0.25, 0.3) is 11.8 Å². The number of carboxylic acids is 1. The number of amides is 2. The Morgan fingerprint density at radius 2 is 1.69 bits per heavy atom. The molecule has 2 aromatic carbocycles. The molecule has 0 saturated carbocycles. The van der Waals surface area contributed by atoms with Crippen molar-refractivity contribution in [2.75, 3.05) is 58.7 Å². The van der Waals surface area contributed by atoms with E-state index < -0.39 is 29.7 Å². The third-order valence-electron chi connectivity index (χ3n) is 7.59. The zero-order valence-corrected chi connectivity index (χ0v) is 28.3. The fraction of sp³-hybridized carbons (Fsp3) is 0.303. The van der Waals surface area contributed by atoms with Gasteiger partial charge in [-0.2, -0.15) is 17.6 Å². The predicted molar refractivity (Wildman–Crippen MR) is 177 cm³/mol. The summed E-state index contributed by atoms with van der Waals surface area (Å²) in [6.45, 7) is 4.69. The Kier molecular flexibility index (Phi) is 12.7. The van der Waals surface area contributed by atoms with Gasteiger partial charge in [-0.3, -0.25) is 14.5 Å². The third kappa shape index (κ3) is 9.99. The first-order valence-electron chi connectivity index (χ1n) is 15.2. The van der Waals surface area contributed by atoms with E-state index in [0.29, 0.717) is 24.3 Å². The Bertz CT molecular complexity index is 1870. The number of likely N-dealkylation sites (N-methyl/N-ethyl adjacent to an activating group) is 1. The molecule has 18 heteroatoms. The Morgan fingerprint density at radius 3 is 2.27 bits per heavy atom. The SMILES string of the molecule is CN(C)CCN1CCN(C(=O)c2ccc(NC(=O)c3ncc(-c4ccc(Oc5ccccn5)c(F)c4F)n3C)cc2Cl)CC1.O=C(O)C(F)(F)F. The summed E-state index contributed by atoms with van der Waals surface area (Å²) in [5.41, 5.74) is 0.771. The third-order valence-corrected chi connectivity index (χ3v) is 7.90. The number of rotatable bonds is 9. The summed E-state index contributed by atoms with van der Waals surface area (Å²) in [6, 6.07) is 12.1. The second-order valence-corrected chi connectivity index (χ2v) is 11.8. The van der Waals surface area contributed by atoms with Gasteiger partial charge in [0.05, 0.1) is 22.5 Å². The normalized spacial score (nSPS) is 13.4. The molecule has 0 atom stereocenters. The number of carbonyl (C=O) groups excluding carboxylic acids is 2. The second-order valence-electron chi connectivity index (χ2n) is 11.4. The minimum atomic E-state index is -5.08. The van der Waals surface area contributed by atoms with Gasteiger partial charge in [0.15, 0.2) is 17.4 Å². The van der Waals surface area contributed by atoms with Crippen LogP contribution >= 0.6 is 11.6 Å². The van der Waals surface area contributed by atoms with Crippen LogP contribution in [0.1, 0.15) is 21.0 Å². The van der Waals surface area contributed by atoms with Gasteiger partial charge >= 0.3 is 12.1 Å². The maximum Gasteiger partial charge on any atom is 0.490 e. The molecular weight excluding hydrogens is 705 g/mol. The molecule has 2 N–H and O–H groups in total. The van der Waals surface area contributed by atoms with Crippen molar-refractivity contribution in [1.82, 2.24) is 29.2 Å². The Balaban J connectivity index is 0.000000755. The molecule has 1 saturated heterocycles. The summed E-state index contributed by atoms with van der Waals surface area (Å²) in [7, 11) is 5.58. The number of imidazole rings is 1. The molecule has 0 radical (unpaired) electrons. The largest absolute Gasteiger partial charge is 0.490 e. The molecule has 3 heterocycles. The summed E-state index contributed by atoms with van der Waals surface area (Å²) in [5, 5.41) is 10.0. The van der Waals surface area contributed by atoms with E-state index in [-0.39, 0.29) is 39.6 Å². The van der Waals surface area contributed by atoms with Gasteiger partial charge in [0.1, 0.15) is 0 Å². The zero-order chi connectivity index (χ0) is 37.5. The van der Waals surface area contributed by atoms with Crippen molar-refractivity contribution in [3.8, 4) is 22.9 Å². The summed E-state index contributed by atoms with van der Waals surface area (Å²) in [4.78, 5) is 49.4. The number of nitrogens with one attached hydrogen (secondary N) is 1. The van der Waals surface area contributed by atoms with Crippen LogP contribution in [0.5, 0.6) is 11.6 Å². The first-order valence-corrected chi connectivity index (χ1v) is 15.6. The molecule has 1 aliphatic rings. The number of aliphatic carboxylic acids is 1. The number of aromatic nitrogens is 3. The van der Waals surface area contributed by atoms with E-state index in [9.17, 15) is 27.2 Å². The first kappa shape index (κ1) is 38.7. The van der Waals surface area contributed by atoms with Crippen molar-refractivity contribution in [2.45, 2.75) is 6.18 Å². The lowest BCUT2D eigenvalue weighted by atomic mass is 10.1. The number of halogens is 6. The van der Waals surface area contributed by atoms with Crippen LogP contribution in [0.4, 0.5) is 27.6 Å². The lowest BCUT2D eigenvalue weighted by Gasteiger charge is -2.35. The molecule has 1 aliphatic heterocycles. The minimum absolute atomic E-state index is 0.0444. The standard InChI is InChI=1S/C31H32ClF2N7O3.C2HF3O2/c1-38(2)12-13-40-14-16-41(17-15-40)31(43)21-8-7-20(18-23(21)32)37-30(42)29-36-19-24(39(29)3)22-9-10-25(28(34)27(22)33)44-26-6-4-5-11-35-26;3-2(4,5)1(6)7/h4-11,18-19H,12-17H2,1-3H3,(H,37,42);(H,6,7). The number of hydrogen-bond donors (Lipinski definition) is 2. The number of ether oxygens (including phenoxy) is 1. The van der Waals surface area contributed by atoms with Crippen molar-refractivity contribution in [1.29, 1.82) is 0 Å². The molecule has 4 aromatic rings. The van der Waals surface area contributed by atoms with E-state index in [1.807, 2.05) is 14.1 Å². The van der Waals surface area contributed by atoms with Crippen molar-refractivity contribution in [3.63, 3.8) is 0 Å². The monoisotopic (exact) mass is 737 g/mol. The number of benzene rings is 2. The van der Waals surface area contributed by atoms with Crippen LogP contribution in [0.3, 0.4) is 0 Å². The second kappa shape index (κ2) is 16.7.